The quantitative estimate of drug-likeness (QED) is 0.570. The summed E-state index contributed by atoms with van der Waals surface area (Å²) in [6.07, 6.45) is 6.23. The van der Waals surface area contributed by atoms with Crippen molar-refractivity contribution in [1.82, 2.24) is 5.32 Å². The summed E-state index contributed by atoms with van der Waals surface area (Å²) in [5, 5.41) is 7.37. The zero-order valence-electron chi connectivity index (χ0n) is 14.6. The number of unbranched alkanes of at least 4 members (excludes halogenated alkanes) is 1. The Morgan fingerprint density at radius 1 is 1.09 bits per heavy atom. The molecule has 2 nitrogen and oxygen atoms in total. The van der Waals surface area contributed by atoms with Crippen molar-refractivity contribution in [2.45, 2.75) is 65.7 Å². The average molecular weight is 321 g/mol. The fourth-order valence-electron chi connectivity index (χ4n) is 2.49. The predicted molar refractivity (Wildman–Crippen MR) is 103 cm³/mol. The number of rotatable bonds is 9. The van der Waals surface area contributed by atoms with Crippen molar-refractivity contribution in [2.75, 3.05) is 11.9 Å². The summed E-state index contributed by atoms with van der Waals surface area (Å²) in [4.78, 5) is 0. The molecule has 0 aromatic heterocycles. The first kappa shape index (κ1) is 19.0. The van der Waals surface area contributed by atoms with Gasteiger partial charge in [-0.1, -0.05) is 59.1 Å². The lowest BCUT2D eigenvalue weighted by molar-refractivity contribution is 0.446. The number of hydrogen-bond donors (Lipinski definition) is 2. The third-order valence-corrected chi connectivity index (χ3v) is 4.69. The minimum atomic E-state index is 0.614. The third-order valence-electron chi connectivity index (χ3n) is 4.44. The molecule has 0 radical (unpaired) electrons. The maximum atomic E-state index is 5.40. The van der Waals surface area contributed by atoms with Crippen LogP contribution in [0.5, 0.6) is 0 Å². The second-order valence-corrected chi connectivity index (χ2v) is 6.59. The van der Waals surface area contributed by atoms with Crippen LogP contribution in [0, 0.1) is 5.92 Å². The van der Waals surface area contributed by atoms with Crippen LogP contribution in [-0.2, 0) is 0 Å². The minimum absolute atomic E-state index is 0.614. The first-order chi connectivity index (χ1) is 10.6. The van der Waals surface area contributed by atoms with E-state index in [9.17, 15) is 0 Å². The first-order valence-corrected chi connectivity index (χ1v) is 9.16. The van der Waals surface area contributed by atoms with Crippen LogP contribution in [0.2, 0.25) is 0 Å². The molecule has 2 N–H and O–H groups in total. The van der Waals surface area contributed by atoms with Gasteiger partial charge in [0.2, 0.25) is 0 Å². The Hall–Kier alpha value is -1.09. The summed E-state index contributed by atoms with van der Waals surface area (Å²) >= 11 is 5.40. The van der Waals surface area contributed by atoms with E-state index >= 15 is 0 Å². The van der Waals surface area contributed by atoms with Gasteiger partial charge in [-0.2, -0.15) is 0 Å². The van der Waals surface area contributed by atoms with Crippen LogP contribution >= 0.6 is 12.2 Å². The van der Waals surface area contributed by atoms with Gasteiger partial charge in [-0.15, -0.1) is 0 Å². The summed E-state index contributed by atoms with van der Waals surface area (Å²) < 4.78 is 0. The van der Waals surface area contributed by atoms with Gasteiger partial charge in [0.1, 0.15) is 0 Å². The molecular formula is C19H32N2S. The molecule has 0 saturated carbocycles. The summed E-state index contributed by atoms with van der Waals surface area (Å²) in [6.45, 7) is 9.95. The van der Waals surface area contributed by atoms with Gasteiger partial charge in [-0.05, 0) is 54.6 Å². The van der Waals surface area contributed by atoms with Gasteiger partial charge in [0.25, 0.3) is 0 Å². The molecule has 3 heteroatoms. The Balaban J connectivity index is 2.41. The Labute approximate surface area is 142 Å². The second kappa shape index (κ2) is 10.6. The van der Waals surface area contributed by atoms with Crippen LogP contribution in [0.3, 0.4) is 0 Å². The van der Waals surface area contributed by atoms with Crippen LogP contribution in [-0.4, -0.2) is 11.7 Å². The maximum absolute atomic E-state index is 5.40. The zero-order valence-corrected chi connectivity index (χ0v) is 15.4. The lowest BCUT2D eigenvalue weighted by atomic mass is 9.99. The number of nitrogens with one attached hydrogen (secondary N) is 2. The van der Waals surface area contributed by atoms with E-state index in [1.807, 2.05) is 0 Å². The van der Waals surface area contributed by atoms with Crippen LogP contribution in [0.25, 0.3) is 0 Å². The molecule has 0 heterocycles. The summed E-state index contributed by atoms with van der Waals surface area (Å²) in [5.41, 5.74) is 2.45. The van der Waals surface area contributed by atoms with E-state index in [1.54, 1.807) is 0 Å². The molecule has 0 aliphatic carbocycles. The maximum Gasteiger partial charge on any atom is 0.170 e. The van der Waals surface area contributed by atoms with Crippen molar-refractivity contribution < 1.29 is 0 Å². The predicted octanol–water partition coefficient (Wildman–Crippen LogP) is 5.70. The number of benzene rings is 1. The highest BCUT2D eigenvalue weighted by Gasteiger charge is 2.07. The minimum Gasteiger partial charge on any atom is -0.362 e. The summed E-state index contributed by atoms with van der Waals surface area (Å²) in [5.74, 6) is 1.33. The van der Waals surface area contributed by atoms with Gasteiger partial charge < -0.3 is 10.6 Å². The molecule has 0 saturated heterocycles. The van der Waals surface area contributed by atoms with Crippen LogP contribution in [0.1, 0.15) is 71.3 Å². The van der Waals surface area contributed by atoms with Crippen LogP contribution in [0.4, 0.5) is 5.69 Å². The van der Waals surface area contributed by atoms with Gasteiger partial charge >= 0.3 is 0 Å². The molecule has 1 aromatic carbocycles. The normalized spacial score (nSPS) is 13.5. The Bertz CT molecular complexity index is 428. The Kier molecular flexibility index (Phi) is 9.14. The Morgan fingerprint density at radius 2 is 1.77 bits per heavy atom. The molecule has 22 heavy (non-hydrogen) atoms. The number of anilines is 1. The van der Waals surface area contributed by atoms with E-state index in [4.69, 9.17) is 12.2 Å². The van der Waals surface area contributed by atoms with Gasteiger partial charge in [-0.25, -0.2) is 0 Å². The van der Waals surface area contributed by atoms with Crippen molar-refractivity contribution in [3.8, 4) is 0 Å². The molecule has 2 atom stereocenters. The number of thiocarbonyl (C=S) groups is 1. The van der Waals surface area contributed by atoms with Gasteiger partial charge in [0.05, 0.1) is 0 Å². The Morgan fingerprint density at radius 3 is 2.32 bits per heavy atom. The fraction of sp³-hybridized carbons (Fsp3) is 0.632. The van der Waals surface area contributed by atoms with Crippen LogP contribution < -0.4 is 10.6 Å². The fourth-order valence-corrected chi connectivity index (χ4v) is 2.69. The molecule has 124 valence electrons. The molecule has 0 aliphatic rings. The standard InChI is InChI=1S/C19H32N2S/c1-5-8-9-16(7-3)14-20-19(22)21-18-12-10-17(11-13-18)15(4)6-2/h10-13,15-16H,5-9,14H2,1-4H3,(H2,20,21,22)/t15-,16-/m1/s1. The molecule has 0 bridgehead atoms. The lowest BCUT2D eigenvalue weighted by Gasteiger charge is -2.17. The highest BCUT2D eigenvalue weighted by Crippen LogP contribution is 2.20. The topological polar surface area (TPSA) is 24.1 Å². The van der Waals surface area contributed by atoms with E-state index in [0.29, 0.717) is 11.8 Å². The van der Waals surface area contributed by atoms with Crippen molar-refractivity contribution >= 4 is 23.0 Å². The largest absolute Gasteiger partial charge is 0.362 e. The number of hydrogen-bond acceptors (Lipinski definition) is 1. The van der Waals surface area contributed by atoms with E-state index in [-0.39, 0.29) is 0 Å². The SMILES string of the molecule is CCCC[C@@H](CC)CNC(=S)Nc1ccc([C@H](C)CC)cc1. The summed E-state index contributed by atoms with van der Waals surface area (Å²) in [7, 11) is 0. The van der Waals surface area contributed by atoms with Crippen molar-refractivity contribution in [3.63, 3.8) is 0 Å². The molecule has 0 fully saturated rings. The molecule has 0 unspecified atom stereocenters. The van der Waals surface area contributed by atoms with Gasteiger partial charge in [-0.3, -0.25) is 0 Å². The molecule has 0 spiro atoms. The van der Waals surface area contributed by atoms with Crippen molar-refractivity contribution in [1.29, 1.82) is 0 Å². The third kappa shape index (κ3) is 6.78. The lowest BCUT2D eigenvalue weighted by Crippen LogP contribution is -2.32. The molecule has 0 aliphatic heterocycles. The molecular weight excluding hydrogens is 288 g/mol. The summed E-state index contributed by atoms with van der Waals surface area (Å²) in [6, 6.07) is 8.61. The van der Waals surface area contributed by atoms with E-state index in [2.05, 4.69) is 62.6 Å². The van der Waals surface area contributed by atoms with Gasteiger partial charge in [0.15, 0.2) is 5.11 Å². The van der Waals surface area contributed by atoms with E-state index in [0.717, 1.165) is 17.3 Å². The van der Waals surface area contributed by atoms with Crippen molar-refractivity contribution in [2.24, 2.45) is 5.92 Å². The molecule has 1 rings (SSSR count). The first-order valence-electron chi connectivity index (χ1n) is 8.75. The van der Waals surface area contributed by atoms with Crippen LogP contribution in [0.15, 0.2) is 24.3 Å². The highest BCUT2D eigenvalue weighted by atomic mass is 32.1. The average Bonchev–Trinajstić information content (AvgIpc) is 2.55. The zero-order chi connectivity index (χ0) is 16.4. The van der Waals surface area contributed by atoms with E-state index < -0.39 is 0 Å². The van der Waals surface area contributed by atoms with Gasteiger partial charge in [0, 0.05) is 12.2 Å². The smallest absolute Gasteiger partial charge is 0.170 e. The molecule has 1 aromatic rings. The van der Waals surface area contributed by atoms with E-state index in [1.165, 1.54) is 37.7 Å². The van der Waals surface area contributed by atoms with Crippen molar-refractivity contribution in [3.05, 3.63) is 29.8 Å². The monoisotopic (exact) mass is 320 g/mol. The second-order valence-electron chi connectivity index (χ2n) is 6.18. The highest BCUT2D eigenvalue weighted by molar-refractivity contribution is 7.80. The molecule has 0 amide bonds.